The fraction of sp³-hybridized carbons (Fsp3) is 0. The first-order valence-corrected chi connectivity index (χ1v) is 8.84. The first-order valence-electron chi connectivity index (χ1n) is 7.59. The Balaban J connectivity index is 1.66. The van der Waals surface area contributed by atoms with E-state index in [2.05, 4.69) is 20.3 Å². The summed E-state index contributed by atoms with van der Waals surface area (Å²) in [6, 6.07) is 12.2. The number of fused-ring (bicyclic) bond motifs is 1. The lowest BCUT2D eigenvalue weighted by Crippen LogP contribution is -2.11. The minimum Gasteiger partial charge on any atom is -0.418 e. The molecule has 0 saturated carbocycles. The summed E-state index contributed by atoms with van der Waals surface area (Å²) in [4.78, 5) is 25.5. The van der Waals surface area contributed by atoms with Gasteiger partial charge in [-0.3, -0.25) is 4.79 Å². The number of aromatic nitrogens is 3. The van der Waals surface area contributed by atoms with Gasteiger partial charge in [0.05, 0.1) is 15.8 Å². The van der Waals surface area contributed by atoms with Gasteiger partial charge >= 0.3 is 0 Å². The zero-order valence-electron chi connectivity index (χ0n) is 13.2. The number of anilines is 1. The Hall–Kier alpha value is -3.03. The second-order valence-electron chi connectivity index (χ2n) is 5.23. The van der Waals surface area contributed by atoms with Crippen molar-refractivity contribution >= 4 is 45.4 Å². The fourth-order valence-corrected chi connectivity index (χ4v) is 3.12. The van der Waals surface area contributed by atoms with E-state index in [4.69, 9.17) is 16.3 Å². The third-order valence-electron chi connectivity index (χ3n) is 3.52. The Bertz CT molecular complexity index is 1090. The molecule has 0 bridgehead atoms. The lowest BCUT2D eigenvalue weighted by Gasteiger charge is -2.11. The number of nitrogens with zero attached hydrogens (tertiary/aromatic N) is 3. The van der Waals surface area contributed by atoms with Gasteiger partial charge in [-0.15, -0.1) is 11.3 Å². The molecule has 3 heterocycles. The second kappa shape index (κ2) is 7.07. The largest absolute Gasteiger partial charge is 0.418 e. The molecule has 1 N–H and O–H groups in total. The predicted octanol–water partition coefficient (Wildman–Crippen LogP) is 4.78. The van der Waals surface area contributed by atoms with Gasteiger partial charge in [0.15, 0.2) is 0 Å². The summed E-state index contributed by atoms with van der Waals surface area (Å²) in [7, 11) is 0. The first-order chi connectivity index (χ1) is 12.7. The van der Waals surface area contributed by atoms with Gasteiger partial charge in [-0.2, -0.15) is 0 Å². The number of hydrogen-bond donors (Lipinski definition) is 1. The number of hydrogen-bond acceptors (Lipinski definition) is 6. The van der Waals surface area contributed by atoms with E-state index >= 15 is 0 Å². The molecule has 3 aromatic heterocycles. The van der Waals surface area contributed by atoms with Crippen LogP contribution in [0.3, 0.4) is 0 Å². The number of halogens is 1. The van der Waals surface area contributed by atoms with Crippen molar-refractivity contribution in [2.45, 2.75) is 0 Å². The average molecular weight is 383 g/mol. The first kappa shape index (κ1) is 16.4. The number of rotatable bonds is 4. The van der Waals surface area contributed by atoms with E-state index in [9.17, 15) is 4.79 Å². The SMILES string of the molecule is O=C(Nc1cccnc1Oc1ncnc2cc(Cl)ccc12)c1cccs1. The molecule has 0 spiro atoms. The highest BCUT2D eigenvalue weighted by atomic mass is 35.5. The lowest BCUT2D eigenvalue weighted by molar-refractivity contribution is 0.103. The van der Waals surface area contributed by atoms with Crippen molar-refractivity contribution in [3.8, 4) is 11.8 Å². The number of thiophene rings is 1. The zero-order valence-corrected chi connectivity index (χ0v) is 14.8. The number of carbonyl (C=O) groups is 1. The highest BCUT2D eigenvalue weighted by molar-refractivity contribution is 7.12. The molecule has 0 aliphatic rings. The van der Waals surface area contributed by atoms with Gasteiger partial charge in [-0.1, -0.05) is 17.7 Å². The summed E-state index contributed by atoms with van der Waals surface area (Å²) in [6.45, 7) is 0. The molecule has 6 nitrogen and oxygen atoms in total. The molecular weight excluding hydrogens is 372 g/mol. The van der Waals surface area contributed by atoms with Crippen LogP contribution in [0.5, 0.6) is 11.8 Å². The monoisotopic (exact) mass is 382 g/mol. The van der Waals surface area contributed by atoms with E-state index in [-0.39, 0.29) is 11.8 Å². The highest BCUT2D eigenvalue weighted by Gasteiger charge is 2.14. The van der Waals surface area contributed by atoms with Crippen molar-refractivity contribution in [1.82, 2.24) is 15.0 Å². The molecule has 0 aliphatic heterocycles. The zero-order chi connectivity index (χ0) is 17.9. The van der Waals surface area contributed by atoms with Crippen molar-refractivity contribution in [1.29, 1.82) is 0 Å². The van der Waals surface area contributed by atoms with E-state index < -0.39 is 0 Å². The molecule has 8 heteroatoms. The average Bonchev–Trinajstić information content (AvgIpc) is 3.18. The van der Waals surface area contributed by atoms with E-state index in [0.29, 0.717) is 32.4 Å². The van der Waals surface area contributed by atoms with Gasteiger partial charge in [0.2, 0.25) is 11.8 Å². The smallest absolute Gasteiger partial charge is 0.265 e. The quantitative estimate of drug-likeness (QED) is 0.549. The van der Waals surface area contributed by atoms with Crippen LogP contribution < -0.4 is 10.1 Å². The van der Waals surface area contributed by atoms with E-state index in [1.54, 1.807) is 42.6 Å². The molecule has 1 aromatic carbocycles. The molecule has 0 fully saturated rings. The maximum Gasteiger partial charge on any atom is 0.265 e. The summed E-state index contributed by atoms with van der Waals surface area (Å²) in [6.07, 6.45) is 2.97. The highest BCUT2D eigenvalue weighted by Crippen LogP contribution is 2.31. The van der Waals surface area contributed by atoms with Crippen LogP contribution in [0.1, 0.15) is 9.67 Å². The Kier molecular flexibility index (Phi) is 4.47. The number of nitrogens with one attached hydrogen (secondary N) is 1. The maximum absolute atomic E-state index is 12.3. The van der Waals surface area contributed by atoms with Gasteiger partial charge in [-0.05, 0) is 41.8 Å². The molecule has 1 amide bonds. The van der Waals surface area contributed by atoms with Crippen LogP contribution in [-0.4, -0.2) is 20.9 Å². The topological polar surface area (TPSA) is 77.0 Å². The molecule has 26 heavy (non-hydrogen) atoms. The second-order valence-corrected chi connectivity index (χ2v) is 6.61. The molecule has 4 rings (SSSR count). The standard InChI is InChI=1S/C18H11ClN4O2S/c19-11-5-6-12-14(9-11)21-10-22-17(12)25-18-13(3-1-7-20-18)23-16(24)15-4-2-8-26-15/h1-10H,(H,23,24). The predicted molar refractivity (Wildman–Crippen MR) is 101 cm³/mol. The molecule has 0 saturated heterocycles. The molecule has 0 radical (unpaired) electrons. The number of amides is 1. The number of benzene rings is 1. The van der Waals surface area contributed by atoms with Crippen molar-refractivity contribution in [2.24, 2.45) is 0 Å². The van der Waals surface area contributed by atoms with Gasteiger partial charge in [0.25, 0.3) is 5.91 Å². The van der Waals surface area contributed by atoms with Crippen LogP contribution in [-0.2, 0) is 0 Å². The van der Waals surface area contributed by atoms with E-state index in [1.807, 2.05) is 11.4 Å². The summed E-state index contributed by atoms with van der Waals surface area (Å²) in [5, 5.41) is 5.92. The van der Waals surface area contributed by atoms with E-state index in [1.165, 1.54) is 17.7 Å². The van der Waals surface area contributed by atoms with Crippen molar-refractivity contribution in [2.75, 3.05) is 5.32 Å². The number of pyridine rings is 1. The van der Waals surface area contributed by atoms with Crippen LogP contribution in [0.25, 0.3) is 10.9 Å². The Labute approximate surface area is 157 Å². The van der Waals surface area contributed by atoms with Crippen LogP contribution in [0, 0.1) is 0 Å². The van der Waals surface area contributed by atoms with Crippen LogP contribution in [0.15, 0.2) is 60.4 Å². The number of ether oxygens (including phenoxy) is 1. The third kappa shape index (κ3) is 3.35. The van der Waals surface area contributed by atoms with Gasteiger partial charge in [-0.25, -0.2) is 15.0 Å². The van der Waals surface area contributed by atoms with Crippen molar-refractivity contribution in [3.05, 3.63) is 70.3 Å². The van der Waals surface area contributed by atoms with Crippen molar-refractivity contribution in [3.63, 3.8) is 0 Å². The van der Waals surface area contributed by atoms with Gasteiger partial charge in [0, 0.05) is 11.2 Å². The minimum atomic E-state index is -0.225. The van der Waals surface area contributed by atoms with E-state index in [0.717, 1.165) is 0 Å². The molecular formula is C18H11ClN4O2S. The Morgan fingerprint density at radius 3 is 2.85 bits per heavy atom. The normalized spacial score (nSPS) is 10.7. The summed E-state index contributed by atoms with van der Waals surface area (Å²) < 4.78 is 5.86. The Morgan fingerprint density at radius 1 is 1.08 bits per heavy atom. The lowest BCUT2D eigenvalue weighted by atomic mass is 10.2. The van der Waals surface area contributed by atoms with Crippen LogP contribution in [0.2, 0.25) is 5.02 Å². The Morgan fingerprint density at radius 2 is 2.00 bits per heavy atom. The van der Waals surface area contributed by atoms with Gasteiger partial charge in [0.1, 0.15) is 12.0 Å². The molecule has 0 atom stereocenters. The molecule has 0 unspecified atom stereocenters. The summed E-state index contributed by atoms with van der Waals surface area (Å²) in [5.41, 5.74) is 1.11. The number of carbonyl (C=O) groups excluding carboxylic acids is 1. The third-order valence-corrected chi connectivity index (χ3v) is 4.62. The molecule has 0 aliphatic carbocycles. The summed E-state index contributed by atoms with van der Waals surface area (Å²) in [5.74, 6) is 0.349. The molecule has 4 aromatic rings. The fourth-order valence-electron chi connectivity index (χ4n) is 2.34. The van der Waals surface area contributed by atoms with Crippen molar-refractivity contribution < 1.29 is 9.53 Å². The molecule has 128 valence electrons. The van der Waals surface area contributed by atoms with Crippen LogP contribution in [0.4, 0.5) is 5.69 Å². The summed E-state index contributed by atoms with van der Waals surface area (Å²) >= 11 is 7.36. The minimum absolute atomic E-state index is 0.225. The van der Waals surface area contributed by atoms with Gasteiger partial charge < -0.3 is 10.1 Å². The van der Waals surface area contributed by atoms with Crippen LogP contribution >= 0.6 is 22.9 Å². The maximum atomic E-state index is 12.3.